The van der Waals surface area contributed by atoms with Gasteiger partial charge in [-0.25, -0.2) is 9.97 Å². The van der Waals surface area contributed by atoms with Crippen LogP contribution in [0.1, 0.15) is 31.2 Å². The molecule has 0 bridgehead atoms. The van der Waals surface area contributed by atoms with Gasteiger partial charge in [-0.05, 0) is 32.6 Å². The number of hydrogen-bond donors (Lipinski definition) is 2. The quantitative estimate of drug-likeness (QED) is 0.778. The van der Waals surface area contributed by atoms with Crippen molar-refractivity contribution in [1.29, 1.82) is 0 Å². The number of nitrogens with two attached hydrogens (primary N) is 1. The number of rotatable bonds is 2. The maximum atomic E-state index is 5.94. The average molecular weight is 241 g/mol. The maximum Gasteiger partial charge on any atom is 0.224 e. The summed E-state index contributed by atoms with van der Waals surface area (Å²) in [5, 5.41) is 3.83. The molecule has 1 aliphatic carbocycles. The average Bonchev–Trinajstić information content (AvgIpc) is 2.27. The lowest BCUT2D eigenvalue weighted by Gasteiger charge is -2.26. The van der Waals surface area contributed by atoms with E-state index in [1.807, 2.05) is 6.92 Å². The summed E-state index contributed by atoms with van der Waals surface area (Å²) in [5.74, 6) is 0.621. The predicted octanol–water partition coefficient (Wildman–Crippen LogP) is 2.12. The molecule has 0 aliphatic heterocycles. The van der Waals surface area contributed by atoms with E-state index in [1.165, 1.54) is 0 Å². The summed E-state index contributed by atoms with van der Waals surface area (Å²) in [4.78, 5) is 8.41. The number of halogens is 1. The molecule has 0 unspecified atom stereocenters. The van der Waals surface area contributed by atoms with Gasteiger partial charge in [0.2, 0.25) is 5.95 Å². The van der Waals surface area contributed by atoms with E-state index < -0.39 is 0 Å². The number of aromatic nitrogens is 2. The van der Waals surface area contributed by atoms with Crippen LogP contribution in [0.4, 0.5) is 5.95 Å². The first-order valence-electron chi connectivity index (χ1n) is 5.66. The largest absolute Gasteiger partial charge is 0.351 e. The van der Waals surface area contributed by atoms with Crippen LogP contribution >= 0.6 is 11.6 Å². The summed E-state index contributed by atoms with van der Waals surface area (Å²) in [6.07, 6.45) is 6.03. The summed E-state index contributed by atoms with van der Waals surface area (Å²) in [6, 6.07) is 0.791. The lowest BCUT2D eigenvalue weighted by Crippen LogP contribution is -2.33. The molecule has 0 aromatic carbocycles. The summed E-state index contributed by atoms with van der Waals surface area (Å²) < 4.78 is 0. The van der Waals surface area contributed by atoms with Gasteiger partial charge in [-0.3, -0.25) is 0 Å². The maximum absolute atomic E-state index is 5.94. The molecular formula is C11H17ClN4. The van der Waals surface area contributed by atoms with Gasteiger partial charge < -0.3 is 11.1 Å². The Hall–Kier alpha value is -0.870. The van der Waals surface area contributed by atoms with Crippen LogP contribution in [0, 0.1) is 6.92 Å². The SMILES string of the molecule is Cc1cnc(NC2CCC(N)CC2)nc1Cl. The van der Waals surface area contributed by atoms with Crippen LogP contribution in [0.5, 0.6) is 0 Å². The summed E-state index contributed by atoms with van der Waals surface area (Å²) in [7, 11) is 0. The molecule has 5 heteroatoms. The molecule has 0 saturated heterocycles. The Morgan fingerprint density at radius 1 is 1.38 bits per heavy atom. The van der Waals surface area contributed by atoms with Gasteiger partial charge in [0.05, 0.1) is 0 Å². The lowest BCUT2D eigenvalue weighted by molar-refractivity contribution is 0.410. The molecule has 0 radical (unpaired) electrons. The number of nitrogens with one attached hydrogen (secondary N) is 1. The predicted molar refractivity (Wildman–Crippen MR) is 65.6 cm³/mol. The van der Waals surface area contributed by atoms with Crippen LogP contribution in [0.3, 0.4) is 0 Å². The highest BCUT2D eigenvalue weighted by atomic mass is 35.5. The summed E-state index contributed by atoms with van der Waals surface area (Å²) in [6.45, 7) is 1.89. The standard InChI is InChI=1S/C11H17ClN4/c1-7-6-14-11(16-10(7)12)15-9-4-2-8(13)3-5-9/h6,8-9H,2-5,13H2,1H3,(H,14,15,16). The molecule has 0 atom stereocenters. The molecule has 1 aromatic rings. The van der Waals surface area contributed by atoms with Crippen LogP contribution < -0.4 is 11.1 Å². The molecule has 4 nitrogen and oxygen atoms in total. The monoisotopic (exact) mass is 240 g/mol. The fourth-order valence-corrected chi connectivity index (χ4v) is 2.07. The normalized spacial score (nSPS) is 25.4. The topological polar surface area (TPSA) is 63.8 Å². The van der Waals surface area contributed by atoms with Crippen molar-refractivity contribution >= 4 is 17.5 Å². The van der Waals surface area contributed by atoms with Crippen molar-refractivity contribution < 1.29 is 0 Å². The fourth-order valence-electron chi connectivity index (χ4n) is 1.94. The van der Waals surface area contributed by atoms with Crippen LogP contribution in [-0.2, 0) is 0 Å². The Labute approximate surface area is 101 Å². The van der Waals surface area contributed by atoms with E-state index in [4.69, 9.17) is 17.3 Å². The van der Waals surface area contributed by atoms with Gasteiger partial charge in [0.25, 0.3) is 0 Å². The Kier molecular flexibility index (Phi) is 3.61. The molecule has 1 fully saturated rings. The van der Waals surface area contributed by atoms with Crippen molar-refractivity contribution in [3.8, 4) is 0 Å². The first kappa shape index (κ1) is 11.6. The van der Waals surface area contributed by atoms with Gasteiger partial charge in [-0.15, -0.1) is 0 Å². The van der Waals surface area contributed by atoms with E-state index >= 15 is 0 Å². The van der Waals surface area contributed by atoms with Crippen LogP contribution in [-0.4, -0.2) is 22.1 Å². The minimum atomic E-state index is 0.362. The van der Waals surface area contributed by atoms with Gasteiger partial charge in [-0.2, -0.15) is 0 Å². The molecule has 16 heavy (non-hydrogen) atoms. The second-order valence-corrected chi connectivity index (χ2v) is 4.78. The molecule has 0 spiro atoms. The number of anilines is 1. The highest BCUT2D eigenvalue weighted by Gasteiger charge is 2.18. The van der Waals surface area contributed by atoms with Crippen LogP contribution in [0.2, 0.25) is 5.15 Å². The first-order chi connectivity index (χ1) is 7.65. The van der Waals surface area contributed by atoms with Crippen molar-refractivity contribution in [2.75, 3.05) is 5.32 Å². The Balaban J connectivity index is 1.96. The smallest absolute Gasteiger partial charge is 0.224 e. The lowest BCUT2D eigenvalue weighted by atomic mass is 9.92. The summed E-state index contributed by atoms with van der Waals surface area (Å²) >= 11 is 5.94. The Morgan fingerprint density at radius 3 is 2.69 bits per heavy atom. The minimum Gasteiger partial charge on any atom is -0.351 e. The Bertz CT molecular complexity index is 361. The molecule has 0 amide bonds. The third kappa shape index (κ3) is 2.83. The van der Waals surface area contributed by atoms with Crippen LogP contribution in [0.15, 0.2) is 6.20 Å². The van der Waals surface area contributed by atoms with Crippen molar-refractivity contribution in [1.82, 2.24) is 9.97 Å². The zero-order valence-corrected chi connectivity index (χ0v) is 10.2. The molecule has 3 N–H and O–H groups in total. The molecule has 1 aromatic heterocycles. The van der Waals surface area contributed by atoms with Gasteiger partial charge in [-0.1, -0.05) is 11.6 Å². The molecule has 1 saturated carbocycles. The third-order valence-electron chi connectivity index (χ3n) is 3.02. The van der Waals surface area contributed by atoms with Crippen molar-refractivity contribution in [3.63, 3.8) is 0 Å². The zero-order valence-electron chi connectivity index (χ0n) is 9.41. The molecular weight excluding hydrogens is 224 g/mol. The zero-order chi connectivity index (χ0) is 11.5. The number of nitrogens with zero attached hydrogens (tertiary/aromatic N) is 2. The van der Waals surface area contributed by atoms with Crippen molar-refractivity contribution in [2.45, 2.75) is 44.7 Å². The van der Waals surface area contributed by atoms with E-state index in [2.05, 4.69) is 15.3 Å². The van der Waals surface area contributed by atoms with Gasteiger partial charge in [0.1, 0.15) is 5.15 Å². The van der Waals surface area contributed by atoms with Gasteiger partial charge in [0.15, 0.2) is 0 Å². The third-order valence-corrected chi connectivity index (χ3v) is 3.40. The second-order valence-electron chi connectivity index (χ2n) is 4.42. The summed E-state index contributed by atoms with van der Waals surface area (Å²) in [5.41, 5.74) is 6.75. The molecule has 1 aliphatic rings. The van der Waals surface area contributed by atoms with E-state index in [-0.39, 0.29) is 0 Å². The highest BCUT2D eigenvalue weighted by molar-refractivity contribution is 6.30. The van der Waals surface area contributed by atoms with Crippen LogP contribution in [0.25, 0.3) is 0 Å². The van der Waals surface area contributed by atoms with Crippen molar-refractivity contribution in [3.05, 3.63) is 16.9 Å². The van der Waals surface area contributed by atoms with E-state index in [1.54, 1.807) is 6.20 Å². The first-order valence-corrected chi connectivity index (χ1v) is 6.04. The molecule has 88 valence electrons. The van der Waals surface area contributed by atoms with E-state index in [9.17, 15) is 0 Å². The minimum absolute atomic E-state index is 0.362. The van der Waals surface area contributed by atoms with Gasteiger partial charge >= 0.3 is 0 Å². The number of hydrogen-bond acceptors (Lipinski definition) is 4. The van der Waals surface area contributed by atoms with E-state index in [0.717, 1.165) is 31.2 Å². The highest BCUT2D eigenvalue weighted by Crippen LogP contribution is 2.20. The van der Waals surface area contributed by atoms with Crippen molar-refractivity contribution in [2.24, 2.45) is 5.73 Å². The second kappa shape index (κ2) is 4.97. The number of aryl methyl sites for hydroxylation is 1. The molecule has 2 rings (SSSR count). The molecule has 1 heterocycles. The fraction of sp³-hybridized carbons (Fsp3) is 0.636. The van der Waals surface area contributed by atoms with Gasteiger partial charge in [0, 0.05) is 23.8 Å². The van der Waals surface area contributed by atoms with E-state index in [0.29, 0.717) is 23.2 Å². The Morgan fingerprint density at radius 2 is 2.06 bits per heavy atom.